The van der Waals surface area contributed by atoms with Gasteiger partial charge >= 0.3 is 12.0 Å². The van der Waals surface area contributed by atoms with Crippen LogP contribution in [-0.2, 0) is 9.53 Å². The van der Waals surface area contributed by atoms with Crippen LogP contribution in [0.15, 0.2) is 71.9 Å². The molecule has 2 amide bonds. The number of rotatable bonds is 13. The highest BCUT2D eigenvalue weighted by Gasteiger charge is 2.27. The summed E-state index contributed by atoms with van der Waals surface area (Å²) in [7, 11) is 1.19. The number of nitrogens with zero attached hydrogens (tertiary/aromatic N) is 3. The number of carbonyl (C=O) groups is 3. The smallest absolute Gasteiger partial charge is 0.328 e. The first-order valence-corrected chi connectivity index (χ1v) is 15.9. The predicted octanol–water partition coefficient (Wildman–Crippen LogP) is 5.10. The Morgan fingerprint density at radius 1 is 1.10 bits per heavy atom. The summed E-state index contributed by atoms with van der Waals surface area (Å²) in [5.74, 6) is -1.35. The van der Waals surface area contributed by atoms with E-state index in [0.717, 1.165) is 0 Å². The van der Waals surface area contributed by atoms with Crippen molar-refractivity contribution in [1.82, 2.24) is 25.4 Å². The quantitative estimate of drug-likeness (QED) is 0.0815. The summed E-state index contributed by atoms with van der Waals surface area (Å²) in [5.41, 5.74) is 8.13. The molecule has 270 valence electrons. The number of aromatic amines is 1. The lowest BCUT2D eigenvalue weighted by molar-refractivity contribution is -0.143. The molecule has 52 heavy (non-hydrogen) atoms. The molecule has 3 heterocycles. The molecule has 2 aromatic heterocycles. The molecule has 1 aliphatic heterocycles. The summed E-state index contributed by atoms with van der Waals surface area (Å²) in [5, 5.41) is 12.8. The van der Waals surface area contributed by atoms with Gasteiger partial charge in [0.15, 0.2) is 11.6 Å². The Hall–Kier alpha value is -6.52. The third-order valence-electron chi connectivity index (χ3n) is 8.13. The number of amides is 2. The Kier molecular flexibility index (Phi) is 10.3. The van der Waals surface area contributed by atoms with Gasteiger partial charge in [-0.2, -0.15) is 5.10 Å². The van der Waals surface area contributed by atoms with Crippen molar-refractivity contribution in [2.45, 2.75) is 31.9 Å². The van der Waals surface area contributed by atoms with Crippen molar-refractivity contribution in [2.24, 2.45) is 4.99 Å². The molecule has 0 bridgehead atoms. The lowest BCUT2D eigenvalue weighted by Gasteiger charge is -2.20. The number of nitrogen functional groups attached to an aromatic ring is 1. The second-order valence-corrected chi connectivity index (χ2v) is 11.8. The molecule has 2 atom stereocenters. The molecule has 6 rings (SSSR count). The number of hydrogen-bond acceptors (Lipinski definition) is 10. The number of H-pyrrole nitrogens is 1. The number of aromatic nitrogens is 3. The van der Waals surface area contributed by atoms with Gasteiger partial charge in [-0.25, -0.2) is 27.4 Å². The molecule has 0 aliphatic carbocycles. The van der Waals surface area contributed by atoms with Crippen LogP contribution in [0.3, 0.4) is 0 Å². The van der Waals surface area contributed by atoms with Crippen molar-refractivity contribution in [3.8, 4) is 22.9 Å². The third kappa shape index (κ3) is 7.77. The van der Waals surface area contributed by atoms with Crippen LogP contribution >= 0.6 is 0 Å². The minimum Gasteiger partial charge on any atom is -0.485 e. The number of ether oxygens (including phenoxy) is 3. The summed E-state index contributed by atoms with van der Waals surface area (Å²) in [6.07, 6.45) is 0.171. The highest BCUT2D eigenvalue weighted by molar-refractivity contribution is 6.13. The fourth-order valence-corrected chi connectivity index (χ4v) is 5.60. The van der Waals surface area contributed by atoms with Crippen LogP contribution < -0.4 is 31.2 Å². The van der Waals surface area contributed by atoms with E-state index in [1.54, 1.807) is 37.3 Å². The lowest BCUT2D eigenvalue weighted by atomic mass is 10.1. The summed E-state index contributed by atoms with van der Waals surface area (Å²) in [6, 6.07) is 13.2. The minimum absolute atomic E-state index is 0.0114. The number of alkyl halides is 2. The topological polar surface area (TPSA) is 187 Å². The van der Waals surface area contributed by atoms with Crippen LogP contribution in [0.1, 0.15) is 28.0 Å². The lowest BCUT2D eigenvalue weighted by Crippen LogP contribution is -2.47. The highest BCUT2D eigenvalue weighted by Crippen LogP contribution is 2.33. The maximum absolute atomic E-state index is 14.1. The first-order chi connectivity index (χ1) is 25.0. The van der Waals surface area contributed by atoms with Gasteiger partial charge in [-0.1, -0.05) is 12.1 Å². The van der Waals surface area contributed by atoms with Crippen LogP contribution in [0.4, 0.5) is 29.5 Å². The molecule has 0 spiro atoms. The van der Waals surface area contributed by atoms with E-state index < -0.39 is 42.7 Å². The Bertz CT molecular complexity index is 2160. The van der Waals surface area contributed by atoms with E-state index >= 15 is 0 Å². The molecular formula is C35H33F3N8O6. The largest absolute Gasteiger partial charge is 0.485 e. The predicted molar refractivity (Wildman–Crippen MR) is 185 cm³/mol. The first-order valence-electron chi connectivity index (χ1n) is 15.9. The molecule has 5 aromatic rings. The van der Waals surface area contributed by atoms with Crippen molar-refractivity contribution in [2.75, 3.05) is 31.3 Å². The van der Waals surface area contributed by atoms with Gasteiger partial charge in [0.25, 0.3) is 6.43 Å². The average Bonchev–Trinajstić information content (AvgIpc) is 3.88. The second-order valence-electron chi connectivity index (χ2n) is 11.8. The van der Waals surface area contributed by atoms with E-state index in [1.165, 1.54) is 54.7 Å². The van der Waals surface area contributed by atoms with E-state index in [-0.39, 0.29) is 46.7 Å². The molecular weight excluding hydrogens is 685 g/mol. The number of hydrogen-bond donors (Lipinski definition) is 5. The molecule has 0 fully saturated rings. The molecule has 0 saturated heterocycles. The van der Waals surface area contributed by atoms with Gasteiger partial charge in [-0.15, -0.1) is 0 Å². The van der Waals surface area contributed by atoms with E-state index in [9.17, 15) is 27.6 Å². The number of halogens is 3. The number of aliphatic imine (C=N–C) groups is 1. The number of benzene rings is 3. The minimum atomic E-state index is -2.82. The van der Waals surface area contributed by atoms with Crippen molar-refractivity contribution in [1.29, 1.82) is 0 Å². The van der Waals surface area contributed by atoms with Crippen LogP contribution in [0.5, 0.6) is 17.2 Å². The van der Waals surface area contributed by atoms with Gasteiger partial charge in [0.05, 0.1) is 48.8 Å². The second kappa shape index (κ2) is 15.2. The van der Waals surface area contributed by atoms with Crippen molar-refractivity contribution in [3.63, 3.8) is 0 Å². The molecule has 0 saturated carbocycles. The number of nitrogens with two attached hydrogens (primary N) is 1. The number of ketones is 1. The van der Waals surface area contributed by atoms with Gasteiger partial charge in [-0.3, -0.25) is 9.79 Å². The monoisotopic (exact) mass is 718 g/mol. The first kappa shape index (κ1) is 35.3. The Morgan fingerprint density at radius 2 is 1.90 bits per heavy atom. The molecule has 3 aromatic carbocycles. The van der Waals surface area contributed by atoms with Gasteiger partial charge in [0, 0.05) is 23.4 Å². The van der Waals surface area contributed by atoms with E-state index in [1.807, 2.05) is 0 Å². The van der Waals surface area contributed by atoms with Crippen molar-refractivity contribution < 1.29 is 41.8 Å². The van der Waals surface area contributed by atoms with Crippen molar-refractivity contribution >= 4 is 46.5 Å². The summed E-state index contributed by atoms with van der Waals surface area (Å²) < 4.78 is 57.6. The normalized spacial score (nSPS) is 14.2. The number of methoxy groups -OCH3 is 1. The molecule has 17 heteroatoms. The number of para-hydroxylation sites is 1. The zero-order chi connectivity index (χ0) is 36.9. The van der Waals surface area contributed by atoms with Crippen LogP contribution in [0.25, 0.3) is 16.6 Å². The van der Waals surface area contributed by atoms with Gasteiger partial charge in [0.1, 0.15) is 30.0 Å². The van der Waals surface area contributed by atoms with E-state index in [0.29, 0.717) is 34.4 Å². The summed E-state index contributed by atoms with van der Waals surface area (Å²) in [4.78, 5) is 46.1. The van der Waals surface area contributed by atoms with E-state index in [2.05, 4.69) is 31.0 Å². The molecule has 1 aliphatic rings. The molecule has 14 nitrogen and oxygen atoms in total. The number of carbonyl (C=O) groups excluding carboxylic acids is 3. The SMILES string of the molecule is COC(=O)[C@H](CC1CN=CN1)NC(=O)Nc1cc2[nH]c(C(=O)c3cnn(-c4ccc(Oc5ccccc5F)cc4C)c3N)cc2cc1OCC(F)F. The fourth-order valence-electron chi connectivity index (χ4n) is 5.60. The number of anilines is 2. The molecule has 0 radical (unpaired) electrons. The Labute approximate surface area is 294 Å². The van der Waals surface area contributed by atoms with Crippen LogP contribution in [0, 0.1) is 12.7 Å². The Balaban J connectivity index is 1.23. The van der Waals surface area contributed by atoms with Crippen LogP contribution in [0.2, 0.25) is 0 Å². The molecule has 6 N–H and O–H groups in total. The van der Waals surface area contributed by atoms with Crippen LogP contribution in [-0.4, -0.2) is 77.7 Å². The van der Waals surface area contributed by atoms with Gasteiger partial charge in [-0.05, 0) is 61.0 Å². The maximum atomic E-state index is 14.1. The Morgan fingerprint density at radius 3 is 2.62 bits per heavy atom. The highest BCUT2D eigenvalue weighted by atomic mass is 19.3. The van der Waals surface area contributed by atoms with E-state index in [4.69, 9.17) is 19.9 Å². The number of aryl methyl sites for hydroxylation is 1. The van der Waals surface area contributed by atoms with Gasteiger partial charge < -0.3 is 40.9 Å². The third-order valence-corrected chi connectivity index (χ3v) is 8.13. The summed E-state index contributed by atoms with van der Waals surface area (Å²) in [6.45, 7) is 1.21. The summed E-state index contributed by atoms with van der Waals surface area (Å²) >= 11 is 0. The number of urea groups is 1. The zero-order valence-electron chi connectivity index (χ0n) is 27.8. The number of nitrogens with one attached hydrogen (secondary N) is 4. The fraction of sp³-hybridized carbons (Fsp3) is 0.229. The number of fused-ring (bicyclic) bond motifs is 1. The maximum Gasteiger partial charge on any atom is 0.328 e. The zero-order valence-corrected chi connectivity index (χ0v) is 27.8. The number of esters is 1. The standard InChI is InChI=1S/C35H33F3N8O6/c1-18-9-21(52-29-6-4-3-5-23(29)36)7-8-28(18)46-33(39)22(15-42-46)32(47)26-10-19-11-30(51-16-31(37)38)25(13-24(19)43-26)44-35(49)45-27(34(48)50-2)12-20-14-40-17-41-20/h3-11,13,15,17,20,27,31,43H,12,14,16,39H2,1-2H3,(H,40,41)(H2,44,45,49)/t20?,27-/m0/s1. The van der Waals surface area contributed by atoms with Gasteiger partial charge in [0.2, 0.25) is 5.78 Å². The van der Waals surface area contributed by atoms with Crippen molar-refractivity contribution in [3.05, 3.63) is 89.5 Å². The average molecular weight is 719 g/mol. The molecule has 1 unspecified atom stereocenters.